The predicted octanol–water partition coefficient (Wildman–Crippen LogP) is -0.303. The van der Waals surface area contributed by atoms with E-state index in [-0.39, 0.29) is 12.8 Å². The molecule has 1 fully saturated rings. The van der Waals surface area contributed by atoms with E-state index in [1.54, 1.807) is 0 Å². The Morgan fingerprint density at radius 2 is 2.22 bits per heavy atom. The number of Topliss-reactive ketones (excluding diaryl/α,β-unsaturated/α-hetero) is 1. The Labute approximate surface area is 132 Å². The monoisotopic (exact) mass is 326 g/mol. The fourth-order valence-electron chi connectivity index (χ4n) is 2.81. The van der Waals surface area contributed by atoms with Crippen molar-refractivity contribution in [2.24, 2.45) is 0 Å². The summed E-state index contributed by atoms with van der Waals surface area (Å²) in [7, 11) is 0. The number of aromatic amines is 1. The summed E-state index contributed by atoms with van der Waals surface area (Å²) in [5, 5.41) is 20.1. The molecule has 1 aromatic rings. The SMILES string of the molecule is CCCCCC(=O)[C@]1(O)C[C@H](n2ccc(=O)[nH]c2=O)O[C@@H]1CO. The van der Waals surface area contributed by atoms with Crippen LogP contribution in [0.1, 0.15) is 45.3 Å². The first-order chi connectivity index (χ1) is 10.9. The van der Waals surface area contributed by atoms with Gasteiger partial charge in [-0.3, -0.25) is 19.1 Å². The predicted molar refractivity (Wildman–Crippen MR) is 81.0 cm³/mol. The Bertz CT molecular complexity index is 666. The third-order valence-electron chi connectivity index (χ3n) is 4.16. The summed E-state index contributed by atoms with van der Waals surface area (Å²) in [6, 6.07) is 1.15. The number of carbonyl (C=O) groups excluding carboxylic acids is 1. The van der Waals surface area contributed by atoms with Gasteiger partial charge in [0.05, 0.1) is 6.61 Å². The lowest BCUT2D eigenvalue weighted by molar-refractivity contribution is -0.146. The highest BCUT2D eigenvalue weighted by Gasteiger charge is 2.52. The molecule has 1 aliphatic rings. The van der Waals surface area contributed by atoms with Crippen LogP contribution in [0.5, 0.6) is 0 Å². The fourth-order valence-corrected chi connectivity index (χ4v) is 2.81. The molecule has 1 aromatic heterocycles. The molecule has 0 spiro atoms. The second-order valence-corrected chi connectivity index (χ2v) is 5.79. The van der Waals surface area contributed by atoms with Crippen molar-refractivity contribution >= 4 is 5.78 Å². The number of hydrogen-bond donors (Lipinski definition) is 3. The van der Waals surface area contributed by atoms with Crippen LogP contribution in [0.2, 0.25) is 0 Å². The smallest absolute Gasteiger partial charge is 0.330 e. The van der Waals surface area contributed by atoms with Crippen LogP contribution in [0.15, 0.2) is 21.9 Å². The van der Waals surface area contributed by atoms with Crippen molar-refractivity contribution in [1.29, 1.82) is 0 Å². The van der Waals surface area contributed by atoms with Gasteiger partial charge in [-0.1, -0.05) is 19.8 Å². The van der Waals surface area contributed by atoms with Gasteiger partial charge in [0.25, 0.3) is 5.56 Å². The van der Waals surface area contributed by atoms with Gasteiger partial charge in [-0.25, -0.2) is 4.79 Å². The quantitative estimate of drug-likeness (QED) is 0.591. The van der Waals surface area contributed by atoms with Gasteiger partial charge in [0.1, 0.15) is 12.3 Å². The zero-order valence-electron chi connectivity index (χ0n) is 13.0. The lowest BCUT2D eigenvalue weighted by Gasteiger charge is -2.25. The van der Waals surface area contributed by atoms with Crippen molar-refractivity contribution in [1.82, 2.24) is 9.55 Å². The van der Waals surface area contributed by atoms with Crippen LogP contribution >= 0.6 is 0 Å². The Morgan fingerprint density at radius 1 is 1.48 bits per heavy atom. The molecule has 0 radical (unpaired) electrons. The number of aliphatic hydroxyl groups excluding tert-OH is 1. The average molecular weight is 326 g/mol. The molecule has 0 aromatic carbocycles. The summed E-state index contributed by atoms with van der Waals surface area (Å²) < 4.78 is 6.58. The van der Waals surface area contributed by atoms with E-state index < -0.39 is 41.6 Å². The van der Waals surface area contributed by atoms with E-state index in [1.807, 2.05) is 6.92 Å². The van der Waals surface area contributed by atoms with Crippen LogP contribution in [-0.2, 0) is 9.53 Å². The van der Waals surface area contributed by atoms with Gasteiger partial charge in [0, 0.05) is 25.1 Å². The Balaban J connectivity index is 2.20. The topological polar surface area (TPSA) is 122 Å². The van der Waals surface area contributed by atoms with Crippen LogP contribution in [0.3, 0.4) is 0 Å². The van der Waals surface area contributed by atoms with Gasteiger partial charge in [-0.15, -0.1) is 0 Å². The fraction of sp³-hybridized carbons (Fsp3) is 0.667. The molecule has 1 saturated heterocycles. The van der Waals surface area contributed by atoms with Gasteiger partial charge >= 0.3 is 5.69 Å². The number of ketones is 1. The maximum atomic E-state index is 12.3. The van der Waals surface area contributed by atoms with Crippen molar-refractivity contribution in [2.75, 3.05) is 6.61 Å². The van der Waals surface area contributed by atoms with Gasteiger partial charge < -0.3 is 14.9 Å². The molecule has 1 aliphatic heterocycles. The largest absolute Gasteiger partial charge is 0.394 e. The molecule has 0 bridgehead atoms. The van der Waals surface area contributed by atoms with Crippen molar-refractivity contribution in [3.63, 3.8) is 0 Å². The third kappa shape index (κ3) is 3.60. The average Bonchev–Trinajstić information content (AvgIpc) is 2.85. The number of aromatic nitrogens is 2. The van der Waals surface area contributed by atoms with E-state index in [9.17, 15) is 24.6 Å². The third-order valence-corrected chi connectivity index (χ3v) is 4.16. The van der Waals surface area contributed by atoms with Crippen molar-refractivity contribution < 1.29 is 19.7 Å². The maximum Gasteiger partial charge on any atom is 0.330 e. The number of hydrogen-bond acceptors (Lipinski definition) is 6. The normalized spacial score (nSPS) is 27.3. The zero-order valence-corrected chi connectivity index (χ0v) is 13.0. The molecule has 8 heteroatoms. The summed E-state index contributed by atoms with van der Waals surface area (Å²) in [5.41, 5.74) is -3.07. The number of H-pyrrole nitrogens is 1. The highest BCUT2D eigenvalue weighted by molar-refractivity contribution is 5.88. The molecule has 8 nitrogen and oxygen atoms in total. The molecule has 0 aliphatic carbocycles. The van der Waals surface area contributed by atoms with Crippen molar-refractivity contribution in [3.8, 4) is 0 Å². The summed E-state index contributed by atoms with van der Waals surface area (Å²) >= 11 is 0. The molecule has 2 rings (SSSR count). The van der Waals surface area contributed by atoms with Crippen molar-refractivity contribution in [3.05, 3.63) is 33.1 Å². The van der Waals surface area contributed by atoms with E-state index in [4.69, 9.17) is 4.74 Å². The Kier molecular flexibility index (Phi) is 5.51. The lowest BCUT2D eigenvalue weighted by Crippen LogP contribution is -2.47. The number of aliphatic hydroxyl groups is 2. The number of rotatable bonds is 7. The molecule has 23 heavy (non-hydrogen) atoms. The Hall–Kier alpha value is -1.77. The molecular formula is C15H22N2O6. The minimum atomic E-state index is -1.83. The van der Waals surface area contributed by atoms with Crippen LogP contribution < -0.4 is 11.2 Å². The highest BCUT2D eigenvalue weighted by atomic mass is 16.5. The molecule has 0 saturated carbocycles. The number of ether oxygens (including phenoxy) is 1. The first-order valence-corrected chi connectivity index (χ1v) is 7.76. The van der Waals surface area contributed by atoms with Gasteiger partial charge in [-0.2, -0.15) is 0 Å². The summed E-state index contributed by atoms with van der Waals surface area (Å²) in [6.45, 7) is 1.47. The Morgan fingerprint density at radius 3 is 2.83 bits per heavy atom. The summed E-state index contributed by atoms with van der Waals surface area (Å²) in [6.07, 6.45) is 1.74. The van der Waals surface area contributed by atoms with Gasteiger partial charge in [-0.05, 0) is 6.42 Å². The number of nitrogens with one attached hydrogen (secondary N) is 1. The second kappa shape index (κ2) is 7.20. The molecule has 3 N–H and O–H groups in total. The minimum Gasteiger partial charge on any atom is -0.394 e. The van der Waals surface area contributed by atoms with E-state index in [0.717, 1.165) is 23.5 Å². The minimum absolute atomic E-state index is 0.144. The molecule has 0 amide bonds. The zero-order chi connectivity index (χ0) is 17.0. The van der Waals surface area contributed by atoms with Crippen LogP contribution in [0.25, 0.3) is 0 Å². The standard InChI is InChI=1S/C15H22N2O6/c1-2-3-4-5-10(19)15(22)8-13(23-11(15)9-18)17-7-6-12(20)16-14(17)21/h6-7,11,13,18,22H,2-5,8-9H2,1H3,(H,16,20,21)/t11-,13-,15-/m1/s1. The van der Waals surface area contributed by atoms with E-state index in [0.29, 0.717) is 6.42 Å². The first kappa shape index (κ1) is 17.6. The molecule has 2 heterocycles. The van der Waals surface area contributed by atoms with E-state index >= 15 is 0 Å². The lowest BCUT2D eigenvalue weighted by atomic mass is 9.87. The van der Waals surface area contributed by atoms with Crippen molar-refractivity contribution in [2.45, 2.75) is 57.0 Å². The number of nitrogens with zero attached hydrogens (tertiary/aromatic N) is 1. The molecule has 0 unspecified atom stereocenters. The molecule has 3 atom stereocenters. The molecular weight excluding hydrogens is 304 g/mol. The number of unbranched alkanes of at least 4 members (excludes halogenated alkanes) is 2. The highest BCUT2D eigenvalue weighted by Crippen LogP contribution is 2.37. The summed E-state index contributed by atoms with van der Waals surface area (Å²) in [5.74, 6) is -0.398. The van der Waals surface area contributed by atoms with E-state index in [1.165, 1.54) is 6.20 Å². The second-order valence-electron chi connectivity index (χ2n) is 5.79. The van der Waals surface area contributed by atoms with Gasteiger partial charge in [0.15, 0.2) is 11.4 Å². The van der Waals surface area contributed by atoms with Crippen LogP contribution in [0.4, 0.5) is 0 Å². The first-order valence-electron chi connectivity index (χ1n) is 7.76. The summed E-state index contributed by atoms with van der Waals surface area (Å²) in [4.78, 5) is 37.3. The van der Waals surface area contributed by atoms with Gasteiger partial charge in [0.2, 0.25) is 0 Å². The number of carbonyl (C=O) groups is 1. The van der Waals surface area contributed by atoms with Crippen LogP contribution in [-0.4, -0.2) is 43.9 Å². The maximum absolute atomic E-state index is 12.3. The van der Waals surface area contributed by atoms with E-state index in [2.05, 4.69) is 4.98 Å². The molecule has 128 valence electrons. The van der Waals surface area contributed by atoms with Crippen LogP contribution in [0, 0.1) is 0 Å².